The Hall–Kier alpha value is -1.54. The zero-order valence-corrected chi connectivity index (χ0v) is 17.3. The van der Waals surface area contributed by atoms with Gasteiger partial charge in [0.25, 0.3) is 5.56 Å². The monoisotopic (exact) mass is 403 g/mol. The van der Waals surface area contributed by atoms with Gasteiger partial charge in [0, 0.05) is 17.5 Å². The van der Waals surface area contributed by atoms with Crippen LogP contribution in [0.25, 0.3) is 10.2 Å². The number of aliphatic hydroxyl groups excluding tert-OH is 1. The third kappa shape index (κ3) is 4.38. The number of ether oxygens (including phenoxy) is 1. The van der Waals surface area contributed by atoms with Crippen molar-refractivity contribution in [2.45, 2.75) is 57.7 Å². The van der Waals surface area contributed by atoms with E-state index >= 15 is 0 Å². The molecule has 28 heavy (non-hydrogen) atoms. The van der Waals surface area contributed by atoms with Crippen molar-refractivity contribution in [3.05, 3.63) is 39.3 Å². The molecule has 1 saturated carbocycles. The maximum atomic E-state index is 12.8. The van der Waals surface area contributed by atoms with Crippen LogP contribution in [0.5, 0.6) is 0 Å². The molecule has 2 N–H and O–H groups in total. The van der Waals surface area contributed by atoms with Crippen molar-refractivity contribution in [1.29, 1.82) is 0 Å². The lowest BCUT2D eigenvalue weighted by Gasteiger charge is -2.24. The quantitative estimate of drug-likeness (QED) is 0.497. The van der Waals surface area contributed by atoms with E-state index < -0.39 is 6.10 Å². The van der Waals surface area contributed by atoms with Gasteiger partial charge in [-0.15, -0.1) is 17.9 Å². The lowest BCUT2D eigenvalue weighted by atomic mass is 9.89. The van der Waals surface area contributed by atoms with Crippen LogP contribution in [0.1, 0.15) is 42.5 Å². The minimum absolute atomic E-state index is 0.0161. The molecule has 2 aliphatic rings. The second-order valence-corrected chi connectivity index (χ2v) is 9.27. The standard InChI is InChI=1S/C21H29N3O3S/c1-3-8-27-12-15(25)10-24(14-5-6-14)11-18-22-20(26)19-16-7-4-13(2)9-17(16)28-21(19)23-18/h3,13-15,25H,1,4-12H2,2H3,(H,22,23,26). The van der Waals surface area contributed by atoms with Gasteiger partial charge in [0.2, 0.25) is 0 Å². The Morgan fingerprint density at radius 2 is 2.29 bits per heavy atom. The third-order valence-electron chi connectivity index (χ3n) is 5.62. The maximum absolute atomic E-state index is 12.8. The van der Waals surface area contributed by atoms with Gasteiger partial charge in [-0.25, -0.2) is 4.98 Å². The molecule has 0 bridgehead atoms. The van der Waals surface area contributed by atoms with E-state index in [-0.39, 0.29) is 12.2 Å². The van der Waals surface area contributed by atoms with E-state index in [9.17, 15) is 9.90 Å². The molecule has 2 aromatic heterocycles. The zero-order chi connectivity index (χ0) is 19.7. The number of aryl methyl sites for hydroxylation is 1. The first-order chi connectivity index (χ1) is 13.5. The van der Waals surface area contributed by atoms with Crippen LogP contribution in [-0.4, -0.2) is 51.9 Å². The van der Waals surface area contributed by atoms with E-state index in [0.717, 1.165) is 42.3 Å². The second kappa shape index (κ2) is 8.45. The van der Waals surface area contributed by atoms with Crippen molar-refractivity contribution in [2.75, 3.05) is 19.8 Å². The van der Waals surface area contributed by atoms with Crippen LogP contribution in [0.4, 0.5) is 0 Å². The SMILES string of the molecule is C=CCOCC(O)CN(Cc1nc2sc3c(c2c(=O)[nH]1)CCC(C)C3)C1CC1. The largest absolute Gasteiger partial charge is 0.389 e. The van der Waals surface area contributed by atoms with E-state index in [4.69, 9.17) is 9.72 Å². The summed E-state index contributed by atoms with van der Waals surface area (Å²) in [6, 6.07) is 0.451. The first kappa shape index (κ1) is 19.8. The van der Waals surface area contributed by atoms with Gasteiger partial charge < -0.3 is 14.8 Å². The molecule has 0 aromatic carbocycles. The van der Waals surface area contributed by atoms with Gasteiger partial charge >= 0.3 is 0 Å². The van der Waals surface area contributed by atoms with Gasteiger partial charge in [0.1, 0.15) is 10.7 Å². The molecule has 2 aromatic rings. The van der Waals surface area contributed by atoms with Crippen molar-refractivity contribution in [3.8, 4) is 0 Å². The summed E-state index contributed by atoms with van der Waals surface area (Å²) in [6.45, 7) is 7.68. The lowest BCUT2D eigenvalue weighted by molar-refractivity contribution is 0.0222. The molecule has 0 spiro atoms. The summed E-state index contributed by atoms with van der Waals surface area (Å²) in [5, 5.41) is 11.1. The van der Waals surface area contributed by atoms with Crippen LogP contribution in [0, 0.1) is 5.92 Å². The Bertz CT molecular complexity index is 902. The minimum atomic E-state index is -0.563. The molecule has 2 atom stereocenters. The van der Waals surface area contributed by atoms with Crippen LogP contribution in [-0.2, 0) is 24.1 Å². The summed E-state index contributed by atoms with van der Waals surface area (Å²) in [4.78, 5) is 25.0. The lowest BCUT2D eigenvalue weighted by Crippen LogP contribution is -2.37. The van der Waals surface area contributed by atoms with Gasteiger partial charge in [-0.05, 0) is 43.6 Å². The molecule has 2 aliphatic carbocycles. The highest BCUT2D eigenvalue weighted by atomic mass is 32.1. The molecule has 4 rings (SSSR count). The molecular weight excluding hydrogens is 374 g/mol. The van der Waals surface area contributed by atoms with Crippen molar-refractivity contribution in [1.82, 2.24) is 14.9 Å². The summed E-state index contributed by atoms with van der Waals surface area (Å²) < 4.78 is 5.36. The van der Waals surface area contributed by atoms with E-state index in [1.807, 2.05) is 0 Å². The van der Waals surface area contributed by atoms with Gasteiger partial charge in [-0.2, -0.15) is 0 Å². The Labute approximate surface area is 169 Å². The number of rotatable bonds is 9. The Morgan fingerprint density at radius 1 is 1.46 bits per heavy atom. The number of aromatic amines is 1. The average molecular weight is 404 g/mol. The number of aromatic nitrogens is 2. The molecule has 7 heteroatoms. The number of fused-ring (bicyclic) bond motifs is 3. The number of H-pyrrole nitrogens is 1. The molecule has 0 radical (unpaired) electrons. The fraction of sp³-hybridized carbons (Fsp3) is 0.619. The molecule has 2 unspecified atom stereocenters. The van der Waals surface area contributed by atoms with Gasteiger partial charge in [0.05, 0.1) is 31.2 Å². The predicted molar refractivity (Wildman–Crippen MR) is 112 cm³/mol. The summed E-state index contributed by atoms with van der Waals surface area (Å²) in [5.74, 6) is 1.37. The van der Waals surface area contributed by atoms with Crippen LogP contribution in [0.15, 0.2) is 17.4 Å². The van der Waals surface area contributed by atoms with Crippen LogP contribution < -0.4 is 5.56 Å². The van der Waals surface area contributed by atoms with Crippen LogP contribution in [0.2, 0.25) is 0 Å². The normalized spacial score (nSPS) is 20.5. The Kier molecular flexibility index (Phi) is 5.96. The molecule has 0 aliphatic heterocycles. The molecule has 1 fully saturated rings. The molecule has 0 amide bonds. The summed E-state index contributed by atoms with van der Waals surface area (Å²) in [5.41, 5.74) is 1.20. The molecule has 6 nitrogen and oxygen atoms in total. The Balaban J connectivity index is 1.51. The maximum Gasteiger partial charge on any atom is 0.259 e. The predicted octanol–water partition coefficient (Wildman–Crippen LogP) is 2.64. The zero-order valence-electron chi connectivity index (χ0n) is 16.4. The number of hydrogen-bond donors (Lipinski definition) is 2. The smallest absolute Gasteiger partial charge is 0.259 e. The van der Waals surface area contributed by atoms with E-state index in [1.54, 1.807) is 17.4 Å². The first-order valence-corrected chi connectivity index (χ1v) is 11.0. The number of thiophene rings is 1. The number of nitrogens with one attached hydrogen (secondary N) is 1. The first-order valence-electron chi connectivity index (χ1n) is 10.2. The summed E-state index contributed by atoms with van der Waals surface area (Å²) in [6.07, 6.45) is 6.53. The summed E-state index contributed by atoms with van der Waals surface area (Å²) in [7, 11) is 0. The van der Waals surface area contributed by atoms with Gasteiger partial charge in [-0.1, -0.05) is 13.0 Å². The van der Waals surface area contributed by atoms with Gasteiger partial charge in [-0.3, -0.25) is 9.69 Å². The number of hydrogen-bond acceptors (Lipinski definition) is 6. The fourth-order valence-corrected chi connectivity index (χ4v) is 5.46. The highest BCUT2D eigenvalue weighted by Gasteiger charge is 2.31. The second-order valence-electron chi connectivity index (χ2n) is 8.19. The van der Waals surface area contributed by atoms with Crippen molar-refractivity contribution >= 4 is 21.6 Å². The molecule has 152 valence electrons. The highest BCUT2D eigenvalue weighted by molar-refractivity contribution is 7.18. The fourth-order valence-electron chi connectivity index (χ4n) is 4.05. The van der Waals surface area contributed by atoms with E-state index in [2.05, 4.69) is 23.4 Å². The van der Waals surface area contributed by atoms with E-state index in [0.29, 0.717) is 37.5 Å². The van der Waals surface area contributed by atoms with E-state index in [1.165, 1.54) is 10.4 Å². The third-order valence-corrected chi connectivity index (χ3v) is 6.77. The van der Waals surface area contributed by atoms with Gasteiger partial charge in [0.15, 0.2) is 0 Å². The molecule has 0 saturated heterocycles. The minimum Gasteiger partial charge on any atom is -0.389 e. The molecular formula is C21H29N3O3S. The number of nitrogens with zero attached hydrogens (tertiary/aromatic N) is 2. The van der Waals surface area contributed by atoms with Crippen LogP contribution >= 0.6 is 11.3 Å². The Morgan fingerprint density at radius 3 is 3.04 bits per heavy atom. The van der Waals surface area contributed by atoms with Crippen molar-refractivity contribution in [2.24, 2.45) is 5.92 Å². The summed E-state index contributed by atoms with van der Waals surface area (Å²) >= 11 is 1.68. The topological polar surface area (TPSA) is 78.5 Å². The average Bonchev–Trinajstić information content (AvgIpc) is 3.42. The van der Waals surface area contributed by atoms with Crippen LogP contribution in [0.3, 0.4) is 0 Å². The number of aliphatic hydroxyl groups is 1. The highest BCUT2D eigenvalue weighted by Crippen LogP contribution is 2.36. The molecule has 2 heterocycles. The van der Waals surface area contributed by atoms with Crippen molar-refractivity contribution < 1.29 is 9.84 Å². The van der Waals surface area contributed by atoms with Crippen molar-refractivity contribution in [3.63, 3.8) is 0 Å².